The fourth-order valence-electron chi connectivity index (χ4n) is 3.22. The number of quaternary nitrogens is 1. The second kappa shape index (κ2) is 11.3. The van der Waals surface area contributed by atoms with Gasteiger partial charge in [0.25, 0.3) is 10.1 Å². The molecular formula is C17H39N2O7SSi+. The number of hydrogen-bond acceptors (Lipinski definition) is 7. The molecule has 0 aromatic carbocycles. The lowest BCUT2D eigenvalue weighted by molar-refractivity contribution is -0.890. The number of aliphatic hydroxyl groups is 1. The molecule has 1 aliphatic heterocycles. The second-order valence-corrected chi connectivity index (χ2v) is 12.6. The first-order valence-electron chi connectivity index (χ1n) is 10.1. The summed E-state index contributed by atoms with van der Waals surface area (Å²) in [7, 11) is -2.87. The van der Waals surface area contributed by atoms with E-state index in [2.05, 4.69) is 26.3 Å². The first kappa shape index (κ1) is 25.9. The van der Waals surface area contributed by atoms with Crippen LogP contribution in [0.3, 0.4) is 0 Å². The molecule has 1 rings (SSSR count). The van der Waals surface area contributed by atoms with Crippen LogP contribution in [0, 0.1) is 0 Å². The van der Waals surface area contributed by atoms with Gasteiger partial charge >= 0.3 is 8.80 Å². The Morgan fingerprint density at radius 1 is 1.11 bits per heavy atom. The lowest BCUT2D eigenvalue weighted by Gasteiger charge is -2.42. The summed E-state index contributed by atoms with van der Waals surface area (Å²) in [5, 5.41) is 12.7. The van der Waals surface area contributed by atoms with Gasteiger partial charge in [0.15, 0.2) is 0 Å². The summed E-state index contributed by atoms with van der Waals surface area (Å²) in [6.45, 7) is 4.46. The minimum atomic E-state index is -4.00. The Balaban J connectivity index is 2.38. The van der Waals surface area contributed by atoms with Crippen LogP contribution >= 0.6 is 0 Å². The van der Waals surface area contributed by atoms with Crippen LogP contribution in [0.25, 0.3) is 0 Å². The molecule has 0 aliphatic carbocycles. The summed E-state index contributed by atoms with van der Waals surface area (Å²) in [6, 6.07) is 0.479. The fourth-order valence-corrected chi connectivity index (χ4v) is 5.71. The summed E-state index contributed by atoms with van der Waals surface area (Å²) in [6.07, 6.45) is 4.63. The standard InChI is InChI=1S/C17H38N2O7SSi/c1-4-5-6-10-19(2,3)11-8-13-28(24)25-15-17(14-20,16-26-28)18-9-7-12-27(21,22)23/h18,20,24H,4-16H2,1-3H3/p+1. The highest BCUT2D eigenvalue weighted by atomic mass is 32.2. The zero-order chi connectivity index (χ0) is 21.3. The number of nitrogens with one attached hydrogen (secondary N) is 1. The quantitative estimate of drug-likeness (QED) is 0.130. The van der Waals surface area contributed by atoms with Gasteiger partial charge in [0.2, 0.25) is 0 Å². The molecule has 0 aromatic rings. The average molecular weight is 444 g/mol. The van der Waals surface area contributed by atoms with Gasteiger partial charge in [-0.15, -0.1) is 0 Å². The maximum Gasteiger partial charge on any atom is 0.498 e. The Kier molecular flexibility index (Phi) is 10.5. The third-order valence-electron chi connectivity index (χ3n) is 5.15. The monoisotopic (exact) mass is 443 g/mol. The largest absolute Gasteiger partial charge is 0.498 e. The molecule has 1 aliphatic rings. The van der Waals surface area contributed by atoms with Crippen LogP contribution in [0.15, 0.2) is 0 Å². The molecule has 1 heterocycles. The van der Waals surface area contributed by atoms with Crippen LogP contribution < -0.4 is 5.32 Å². The molecule has 0 radical (unpaired) electrons. The predicted octanol–water partition coefficient (Wildman–Crippen LogP) is 0.220. The molecule has 1 fully saturated rings. The van der Waals surface area contributed by atoms with Crippen molar-refractivity contribution in [2.24, 2.45) is 0 Å². The van der Waals surface area contributed by atoms with Gasteiger partial charge in [-0.3, -0.25) is 4.55 Å². The molecule has 168 valence electrons. The van der Waals surface area contributed by atoms with Gasteiger partial charge < -0.3 is 28.6 Å². The maximum absolute atomic E-state index is 10.8. The normalized spacial score (nSPS) is 26.5. The van der Waals surface area contributed by atoms with E-state index in [4.69, 9.17) is 13.4 Å². The molecule has 0 atom stereocenters. The fraction of sp³-hybridized carbons (Fsp3) is 1.00. The van der Waals surface area contributed by atoms with E-state index in [0.717, 1.165) is 24.0 Å². The molecular weight excluding hydrogens is 404 g/mol. The van der Waals surface area contributed by atoms with Crippen molar-refractivity contribution in [3.63, 3.8) is 0 Å². The van der Waals surface area contributed by atoms with Crippen LogP contribution in [0.5, 0.6) is 0 Å². The topological polar surface area (TPSA) is 125 Å². The third-order valence-corrected chi connectivity index (χ3v) is 8.13. The van der Waals surface area contributed by atoms with Crippen molar-refractivity contribution in [3.05, 3.63) is 0 Å². The maximum atomic E-state index is 10.8. The summed E-state index contributed by atoms with van der Waals surface area (Å²) in [4.78, 5) is 10.7. The predicted molar refractivity (Wildman–Crippen MR) is 110 cm³/mol. The highest BCUT2D eigenvalue weighted by molar-refractivity contribution is 7.85. The van der Waals surface area contributed by atoms with Crippen molar-refractivity contribution in [2.75, 3.05) is 59.3 Å². The van der Waals surface area contributed by atoms with Crippen molar-refractivity contribution >= 4 is 18.9 Å². The van der Waals surface area contributed by atoms with E-state index in [1.165, 1.54) is 19.3 Å². The molecule has 0 unspecified atom stereocenters. The van der Waals surface area contributed by atoms with E-state index >= 15 is 0 Å². The summed E-state index contributed by atoms with van der Waals surface area (Å²) in [5.74, 6) is -0.353. The minimum Gasteiger partial charge on any atom is -0.394 e. The lowest BCUT2D eigenvalue weighted by atomic mass is 10.0. The summed E-state index contributed by atoms with van der Waals surface area (Å²) < 4.78 is 42.5. The molecule has 0 bridgehead atoms. The SMILES string of the molecule is CCCCC[N+](C)(C)CCC[Si]1(O)OCC(CO)(NCCCS(=O)(=O)O)CO1. The van der Waals surface area contributed by atoms with Gasteiger partial charge in [-0.2, -0.15) is 8.42 Å². The highest BCUT2D eigenvalue weighted by Gasteiger charge is 2.47. The zero-order valence-electron chi connectivity index (χ0n) is 17.5. The van der Waals surface area contributed by atoms with E-state index in [-0.39, 0.29) is 38.5 Å². The van der Waals surface area contributed by atoms with Crippen molar-refractivity contribution < 1.29 is 36.2 Å². The Morgan fingerprint density at radius 2 is 1.71 bits per heavy atom. The Morgan fingerprint density at radius 3 is 2.25 bits per heavy atom. The smallest absolute Gasteiger partial charge is 0.394 e. The molecule has 0 saturated carbocycles. The molecule has 0 spiro atoms. The molecule has 0 aromatic heterocycles. The molecule has 11 heteroatoms. The first-order chi connectivity index (χ1) is 12.9. The van der Waals surface area contributed by atoms with Gasteiger partial charge in [-0.05, 0) is 25.8 Å². The first-order valence-corrected chi connectivity index (χ1v) is 13.7. The molecule has 28 heavy (non-hydrogen) atoms. The van der Waals surface area contributed by atoms with E-state index in [1.54, 1.807) is 0 Å². The second-order valence-electron chi connectivity index (χ2n) is 8.49. The van der Waals surface area contributed by atoms with Gasteiger partial charge in [0.1, 0.15) is 0 Å². The summed E-state index contributed by atoms with van der Waals surface area (Å²) in [5.41, 5.74) is -0.867. The zero-order valence-corrected chi connectivity index (χ0v) is 19.3. The average Bonchev–Trinajstić information content (AvgIpc) is 2.60. The minimum absolute atomic E-state index is 0.104. The number of aliphatic hydroxyl groups excluding tert-OH is 1. The molecule has 0 amide bonds. The third kappa shape index (κ3) is 10.1. The van der Waals surface area contributed by atoms with Crippen molar-refractivity contribution in [2.45, 2.75) is 50.6 Å². The number of rotatable bonds is 14. The van der Waals surface area contributed by atoms with Gasteiger partial charge in [-0.25, -0.2) is 0 Å². The van der Waals surface area contributed by atoms with E-state index in [1.807, 2.05) is 0 Å². The number of hydrogen-bond donors (Lipinski definition) is 4. The molecule has 1 saturated heterocycles. The van der Waals surface area contributed by atoms with Gasteiger partial charge in [-0.1, -0.05) is 13.3 Å². The van der Waals surface area contributed by atoms with Crippen LogP contribution in [0.1, 0.15) is 39.0 Å². The van der Waals surface area contributed by atoms with E-state index in [0.29, 0.717) is 6.04 Å². The number of unbranched alkanes of at least 4 members (excludes halogenated alkanes) is 2. The van der Waals surface area contributed by atoms with Crippen LogP contribution in [0.2, 0.25) is 6.04 Å². The highest BCUT2D eigenvalue weighted by Crippen LogP contribution is 2.24. The van der Waals surface area contributed by atoms with Crippen molar-refractivity contribution in [3.8, 4) is 0 Å². The Hall–Kier alpha value is -0.113. The number of nitrogens with zero attached hydrogens (tertiary/aromatic N) is 1. The van der Waals surface area contributed by atoms with Crippen LogP contribution in [-0.4, -0.2) is 101 Å². The van der Waals surface area contributed by atoms with Gasteiger partial charge in [0.05, 0.1) is 58.3 Å². The van der Waals surface area contributed by atoms with Gasteiger partial charge in [0, 0.05) is 12.5 Å². The Labute approximate surface area is 170 Å². The molecule has 9 nitrogen and oxygen atoms in total. The Bertz CT molecular complexity index is 552. The lowest BCUT2D eigenvalue weighted by Crippen LogP contribution is -2.65. The van der Waals surface area contributed by atoms with E-state index in [9.17, 15) is 18.3 Å². The van der Waals surface area contributed by atoms with Crippen LogP contribution in [0.4, 0.5) is 0 Å². The summed E-state index contributed by atoms with van der Waals surface area (Å²) >= 11 is 0. The van der Waals surface area contributed by atoms with Crippen LogP contribution in [-0.2, 0) is 19.0 Å². The van der Waals surface area contributed by atoms with E-state index < -0.39 is 24.5 Å². The molecule has 4 N–H and O–H groups in total. The van der Waals surface area contributed by atoms with Crippen molar-refractivity contribution in [1.82, 2.24) is 5.32 Å². The van der Waals surface area contributed by atoms with Crippen molar-refractivity contribution in [1.29, 1.82) is 0 Å².